The molecule has 167 valence electrons. The van der Waals surface area contributed by atoms with Gasteiger partial charge in [-0.2, -0.15) is 0 Å². The van der Waals surface area contributed by atoms with Crippen molar-refractivity contribution in [1.82, 2.24) is 19.9 Å². The standard InChI is InChI=1S/C13H15N3.C6H7N.C6H6O2.Os/c1-16(10-12-6-2-4-8-14-12)11-13-7-3-5-9-15-13;1-6-4-2-3-5-7-6;7-5-3-1-2-4-6(5)8;/h2-9H,10-11H2,1H3;2-5H,1H3;1-4,7-8H;/q;;;+1. The minimum absolute atomic E-state index is 0. The Morgan fingerprint density at radius 3 is 1.31 bits per heavy atom. The molecule has 1 aromatic carbocycles. The van der Waals surface area contributed by atoms with Crippen LogP contribution in [0.3, 0.4) is 0 Å². The fourth-order valence-corrected chi connectivity index (χ4v) is 2.50. The molecule has 2 N–H and O–H groups in total. The molecule has 0 saturated carbocycles. The predicted octanol–water partition coefficient (Wildman–Crippen LogP) is 4.59. The van der Waals surface area contributed by atoms with Gasteiger partial charge < -0.3 is 10.2 Å². The average molecular weight is 607 g/mol. The van der Waals surface area contributed by atoms with Crippen molar-refractivity contribution in [1.29, 1.82) is 0 Å². The summed E-state index contributed by atoms with van der Waals surface area (Å²) >= 11 is 0. The largest absolute Gasteiger partial charge is 1.00 e. The maximum Gasteiger partial charge on any atom is 1.00 e. The van der Waals surface area contributed by atoms with Gasteiger partial charge in [0.1, 0.15) is 0 Å². The number of aromatic nitrogens is 3. The Morgan fingerprint density at radius 2 is 1.03 bits per heavy atom. The maximum absolute atomic E-state index is 8.67. The van der Waals surface area contributed by atoms with Crippen molar-refractivity contribution in [3.8, 4) is 11.5 Å². The SMILES string of the molecule is CN(Cc1ccccn1)Cc1ccccn1.Cc1ccccn1.Oc1ccccc1O.[Os+]. The molecule has 0 fully saturated rings. The minimum atomic E-state index is -0.0764. The molecule has 0 atom stereocenters. The van der Waals surface area contributed by atoms with E-state index in [1.54, 1.807) is 18.3 Å². The summed E-state index contributed by atoms with van der Waals surface area (Å²) in [5.41, 5.74) is 3.24. The number of rotatable bonds is 4. The molecule has 32 heavy (non-hydrogen) atoms. The van der Waals surface area contributed by atoms with Crippen LogP contribution in [0.2, 0.25) is 0 Å². The molecule has 3 aromatic heterocycles. The van der Waals surface area contributed by atoms with E-state index in [-0.39, 0.29) is 31.3 Å². The first-order chi connectivity index (χ1) is 15.0. The Labute approximate surface area is 202 Å². The summed E-state index contributed by atoms with van der Waals surface area (Å²) < 4.78 is 0. The second-order valence-corrected chi connectivity index (χ2v) is 6.77. The quantitative estimate of drug-likeness (QED) is 0.331. The molecular weight excluding hydrogens is 579 g/mol. The van der Waals surface area contributed by atoms with E-state index in [1.165, 1.54) is 12.1 Å². The zero-order valence-corrected chi connectivity index (χ0v) is 20.7. The van der Waals surface area contributed by atoms with Crippen molar-refractivity contribution < 1.29 is 30.0 Å². The summed E-state index contributed by atoms with van der Waals surface area (Å²) in [5, 5.41) is 17.3. The molecule has 1 radical (unpaired) electrons. The van der Waals surface area contributed by atoms with Gasteiger partial charge in [-0.3, -0.25) is 19.9 Å². The van der Waals surface area contributed by atoms with Crippen LogP contribution in [-0.4, -0.2) is 37.1 Å². The molecule has 7 heteroatoms. The van der Waals surface area contributed by atoms with Gasteiger partial charge in [0.2, 0.25) is 0 Å². The molecule has 0 saturated heterocycles. The van der Waals surface area contributed by atoms with Gasteiger partial charge in [0.05, 0.1) is 11.4 Å². The van der Waals surface area contributed by atoms with E-state index < -0.39 is 0 Å². The molecule has 0 bridgehead atoms. The number of aromatic hydroxyl groups is 2. The number of hydrogen-bond acceptors (Lipinski definition) is 6. The van der Waals surface area contributed by atoms with Crippen molar-refractivity contribution in [2.75, 3.05) is 7.05 Å². The van der Waals surface area contributed by atoms with Crippen molar-refractivity contribution in [3.05, 3.63) is 115 Å². The summed E-state index contributed by atoms with van der Waals surface area (Å²) in [7, 11) is 2.07. The monoisotopic (exact) mass is 608 g/mol. The molecule has 4 aromatic rings. The van der Waals surface area contributed by atoms with Crippen LogP contribution in [0.1, 0.15) is 17.1 Å². The molecule has 3 heterocycles. The number of aryl methyl sites for hydroxylation is 1. The van der Waals surface area contributed by atoms with Crippen LogP contribution in [0.25, 0.3) is 0 Å². The number of pyridine rings is 3. The van der Waals surface area contributed by atoms with Crippen molar-refractivity contribution >= 4 is 0 Å². The van der Waals surface area contributed by atoms with Gasteiger partial charge >= 0.3 is 19.8 Å². The zero-order chi connectivity index (χ0) is 22.3. The van der Waals surface area contributed by atoms with Crippen LogP contribution in [0.15, 0.2) is 97.5 Å². The van der Waals surface area contributed by atoms with E-state index in [0.717, 1.165) is 30.2 Å². The van der Waals surface area contributed by atoms with Crippen LogP contribution in [-0.2, 0) is 32.9 Å². The number of benzene rings is 1. The summed E-state index contributed by atoms with van der Waals surface area (Å²) in [4.78, 5) is 14.8. The average Bonchev–Trinajstić information content (AvgIpc) is 2.79. The normalized spacial score (nSPS) is 9.47. The van der Waals surface area contributed by atoms with Crippen molar-refractivity contribution in [2.45, 2.75) is 20.0 Å². The molecule has 0 aliphatic heterocycles. The van der Waals surface area contributed by atoms with Gasteiger partial charge in [-0.25, -0.2) is 0 Å². The van der Waals surface area contributed by atoms with E-state index >= 15 is 0 Å². The third kappa shape index (κ3) is 11.3. The molecule has 6 nitrogen and oxygen atoms in total. The Balaban J connectivity index is 0.000000268. The van der Waals surface area contributed by atoms with E-state index in [2.05, 4.69) is 26.9 Å². The van der Waals surface area contributed by atoms with E-state index in [9.17, 15) is 0 Å². The second kappa shape index (κ2) is 15.6. The number of para-hydroxylation sites is 2. The van der Waals surface area contributed by atoms with Crippen LogP contribution in [0, 0.1) is 6.92 Å². The van der Waals surface area contributed by atoms with E-state index in [0.29, 0.717) is 0 Å². The molecule has 0 aliphatic carbocycles. The first-order valence-electron chi connectivity index (χ1n) is 9.87. The topological polar surface area (TPSA) is 82.4 Å². The second-order valence-electron chi connectivity index (χ2n) is 6.77. The van der Waals surface area contributed by atoms with Gasteiger partial charge in [-0.15, -0.1) is 0 Å². The number of nitrogens with zero attached hydrogens (tertiary/aromatic N) is 4. The summed E-state index contributed by atoms with van der Waals surface area (Å²) in [6, 6.07) is 24.0. The number of phenols is 2. The van der Waals surface area contributed by atoms with Gasteiger partial charge in [0.25, 0.3) is 0 Å². The Kier molecular flexibility index (Phi) is 13.1. The van der Waals surface area contributed by atoms with Gasteiger partial charge in [-0.1, -0.05) is 30.3 Å². The maximum atomic E-state index is 8.67. The van der Waals surface area contributed by atoms with Gasteiger partial charge in [0.15, 0.2) is 11.5 Å². The number of hydrogen-bond donors (Lipinski definition) is 2. The first-order valence-corrected chi connectivity index (χ1v) is 9.87. The third-order valence-electron chi connectivity index (χ3n) is 4.01. The molecular formula is C25H28N4O2Os+. The van der Waals surface area contributed by atoms with Crippen LogP contribution in [0.5, 0.6) is 11.5 Å². The van der Waals surface area contributed by atoms with Crippen LogP contribution >= 0.6 is 0 Å². The summed E-state index contributed by atoms with van der Waals surface area (Å²) in [5.74, 6) is -0.153. The van der Waals surface area contributed by atoms with E-state index in [4.69, 9.17) is 10.2 Å². The number of phenolic OH excluding ortho intramolecular Hbond substituents is 2. The minimum Gasteiger partial charge on any atom is -0.504 e. The van der Waals surface area contributed by atoms with E-state index in [1.807, 2.05) is 73.9 Å². The van der Waals surface area contributed by atoms with Crippen LogP contribution < -0.4 is 0 Å². The Morgan fingerprint density at radius 1 is 0.625 bits per heavy atom. The van der Waals surface area contributed by atoms with Crippen molar-refractivity contribution in [3.63, 3.8) is 0 Å². The molecule has 0 unspecified atom stereocenters. The van der Waals surface area contributed by atoms with Gasteiger partial charge in [-0.05, 0) is 62.5 Å². The van der Waals surface area contributed by atoms with Crippen molar-refractivity contribution in [2.24, 2.45) is 0 Å². The summed E-state index contributed by atoms with van der Waals surface area (Å²) in [6.45, 7) is 3.66. The zero-order valence-electron chi connectivity index (χ0n) is 18.2. The summed E-state index contributed by atoms with van der Waals surface area (Å²) in [6.07, 6.45) is 5.43. The predicted molar refractivity (Wildman–Crippen MR) is 122 cm³/mol. The fourth-order valence-electron chi connectivity index (χ4n) is 2.50. The smallest absolute Gasteiger partial charge is 0.504 e. The first kappa shape index (κ1) is 26.9. The molecule has 0 amide bonds. The molecule has 0 aliphatic rings. The Bertz CT molecular complexity index is 928. The van der Waals surface area contributed by atoms with Gasteiger partial charge in [0, 0.05) is 37.4 Å². The third-order valence-corrected chi connectivity index (χ3v) is 4.01. The van der Waals surface area contributed by atoms with Crippen LogP contribution in [0.4, 0.5) is 0 Å². The molecule has 0 spiro atoms. The fraction of sp³-hybridized carbons (Fsp3) is 0.160. The molecule has 4 rings (SSSR count). The Hall–Kier alpha value is -3.13.